The number of pyridine rings is 1. The van der Waals surface area contributed by atoms with E-state index >= 15 is 0 Å². The van der Waals surface area contributed by atoms with Gasteiger partial charge in [0.1, 0.15) is 5.82 Å². The van der Waals surface area contributed by atoms with Crippen molar-refractivity contribution in [3.8, 4) is 0 Å². The van der Waals surface area contributed by atoms with Crippen LogP contribution < -0.4 is 5.32 Å². The topological polar surface area (TPSA) is 59.1 Å². The molecule has 0 bridgehead atoms. The lowest BCUT2D eigenvalue weighted by Crippen LogP contribution is -2.31. The molecular weight excluding hydrogens is 315 g/mol. The molecule has 1 aromatic carbocycles. The van der Waals surface area contributed by atoms with Crippen LogP contribution in [0.4, 0.5) is 4.39 Å². The lowest BCUT2D eigenvalue weighted by Gasteiger charge is -2.06. The molecule has 0 unspecified atom stereocenters. The summed E-state index contributed by atoms with van der Waals surface area (Å²) in [5.74, 6) is -2.09. The second-order valence-corrected chi connectivity index (χ2v) is 4.47. The number of rotatable bonds is 2. The van der Waals surface area contributed by atoms with Gasteiger partial charge in [0.15, 0.2) is 0 Å². The predicted octanol–water partition coefficient (Wildman–Crippen LogP) is 2.55. The number of imide groups is 1. The van der Waals surface area contributed by atoms with Crippen molar-refractivity contribution >= 4 is 27.7 Å². The quantitative estimate of drug-likeness (QED) is 0.864. The van der Waals surface area contributed by atoms with Gasteiger partial charge in [-0.2, -0.15) is 0 Å². The second-order valence-electron chi connectivity index (χ2n) is 3.62. The van der Waals surface area contributed by atoms with E-state index in [1.807, 2.05) is 0 Å². The number of carbonyl (C=O) groups is 2. The van der Waals surface area contributed by atoms with Crippen LogP contribution in [-0.2, 0) is 0 Å². The molecular formula is C13H8BrFN2O2. The molecule has 2 aromatic rings. The highest BCUT2D eigenvalue weighted by Gasteiger charge is 2.16. The van der Waals surface area contributed by atoms with Gasteiger partial charge < -0.3 is 0 Å². The maximum atomic E-state index is 13.4. The standard InChI is InChI=1S/C13H8BrFN2O2/c14-10-7-16-6-5-8(10)12(18)17-13(19)9-3-1-2-4-11(9)15/h1-7H,(H,17,18,19). The highest BCUT2D eigenvalue weighted by atomic mass is 79.9. The first-order valence-corrected chi connectivity index (χ1v) is 6.08. The van der Waals surface area contributed by atoms with E-state index in [2.05, 4.69) is 26.2 Å². The van der Waals surface area contributed by atoms with E-state index in [0.29, 0.717) is 4.47 Å². The summed E-state index contributed by atoms with van der Waals surface area (Å²) in [5.41, 5.74) is 0.0701. The summed E-state index contributed by atoms with van der Waals surface area (Å²) in [6.45, 7) is 0. The Morgan fingerprint density at radius 2 is 1.79 bits per heavy atom. The molecule has 0 atom stereocenters. The Labute approximate surface area is 116 Å². The third kappa shape index (κ3) is 3.03. The van der Waals surface area contributed by atoms with Crippen LogP contribution in [0.15, 0.2) is 47.2 Å². The number of nitrogens with one attached hydrogen (secondary N) is 1. The van der Waals surface area contributed by atoms with Gasteiger partial charge >= 0.3 is 0 Å². The van der Waals surface area contributed by atoms with E-state index in [-0.39, 0.29) is 11.1 Å². The van der Waals surface area contributed by atoms with Crippen LogP contribution in [0.25, 0.3) is 0 Å². The van der Waals surface area contributed by atoms with E-state index in [4.69, 9.17) is 0 Å². The Morgan fingerprint density at radius 1 is 1.11 bits per heavy atom. The first-order valence-electron chi connectivity index (χ1n) is 5.29. The summed E-state index contributed by atoms with van der Waals surface area (Å²) in [6, 6.07) is 6.90. The summed E-state index contributed by atoms with van der Waals surface area (Å²) in [4.78, 5) is 27.4. The average Bonchev–Trinajstić information content (AvgIpc) is 2.39. The normalized spacial score (nSPS) is 10.0. The van der Waals surface area contributed by atoms with E-state index in [9.17, 15) is 14.0 Å². The molecule has 0 aliphatic carbocycles. The molecule has 1 heterocycles. The summed E-state index contributed by atoms with van der Waals surface area (Å²) >= 11 is 3.15. The molecule has 0 aliphatic rings. The minimum absolute atomic E-state index is 0.180. The van der Waals surface area contributed by atoms with Crippen molar-refractivity contribution in [3.05, 3.63) is 64.1 Å². The molecule has 19 heavy (non-hydrogen) atoms. The monoisotopic (exact) mass is 322 g/mol. The second kappa shape index (κ2) is 5.71. The number of halogens is 2. The third-order valence-electron chi connectivity index (χ3n) is 2.36. The minimum atomic E-state index is -0.785. The fourth-order valence-electron chi connectivity index (χ4n) is 1.44. The van der Waals surface area contributed by atoms with Gasteiger partial charge in [-0.1, -0.05) is 12.1 Å². The zero-order valence-corrected chi connectivity index (χ0v) is 11.1. The minimum Gasteiger partial charge on any atom is -0.288 e. The zero-order valence-electron chi connectivity index (χ0n) is 9.56. The van der Waals surface area contributed by atoms with Crippen LogP contribution in [0.1, 0.15) is 20.7 Å². The molecule has 0 saturated heterocycles. The van der Waals surface area contributed by atoms with Crippen molar-refractivity contribution < 1.29 is 14.0 Å². The summed E-state index contributed by atoms with van der Waals surface area (Å²) in [7, 11) is 0. The molecule has 2 amide bonds. The van der Waals surface area contributed by atoms with E-state index in [1.54, 1.807) is 0 Å². The molecule has 0 spiro atoms. The van der Waals surface area contributed by atoms with Crippen molar-refractivity contribution in [2.45, 2.75) is 0 Å². The maximum Gasteiger partial charge on any atom is 0.261 e. The number of nitrogens with zero attached hydrogens (tertiary/aromatic N) is 1. The molecule has 1 N–H and O–H groups in total. The van der Waals surface area contributed by atoms with Crippen molar-refractivity contribution in [2.75, 3.05) is 0 Å². The van der Waals surface area contributed by atoms with Gasteiger partial charge in [-0.3, -0.25) is 19.9 Å². The van der Waals surface area contributed by atoms with E-state index < -0.39 is 17.6 Å². The Hall–Kier alpha value is -2.08. The summed E-state index contributed by atoms with van der Waals surface area (Å²) in [6.07, 6.45) is 2.86. The Morgan fingerprint density at radius 3 is 2.47 bits per heavy atom. The van der Waals surface area contributed by atoms with Gasteiger partial charge in [0, 0.05) is 16.9 Å². The van der Waals surface area contributed by atoms with Crippen molar-refractivity contribution in [1.82, 2.24) is 10.3 Å². The first-order chi connectivity index (χ1) is 9.09. The highest BCUT2D eigenvalue weighted by Crippen LogP contribution is 2.14. The first kappa shape index (κ1) is 13.4. The van der Waals surface area contributed by atoms with Gasteiger partial charge in [-0.05, 0) is 34.1 Å². The van der Waals surface area contributed by atoms with Crippen molar-refractivity contribution in [3.63, 3.8) is 0 Å². The zero-order chi connectivity index (χ0) is 13.8. The number of benzene rings is 1. The molecule has 4 nitrogen and oxygen atoms in total. The molecule has 0 saturated carbocycles. The molecule has 0 aliphatic heterocycles. The van der Waals surface area contributed by atoms with Gasteiger partial charge in [-0.25, -0.2) is 4.39 Å². The lowest BCUT2D eigenvalue weighted by atomic mass is 10.2. The number of carbonyl (C=O) groups excluding carboxylic acids is 2. The van der Waals surface area contributed by atoms with Gasteiger partial charge in [0.2, 0.25) is 0 Å². The van der Waals surface area contributed by atoms with Gasteiger partial charge in [0.25, 0.3) is 11.8 Å². The Balaban J connectivity index is 2.19. The van der Waals surface area contributed by atoms with Crippen molar-refractivity contribution in [1.29, 1.82) is 0 Å². The third-order valence-corrected chi connectivity index (χ3v) is 2.99. The van der Waals surface area contributed by atoms with E-state index in [0.717, 1.165) is 6.07 Å². The van der Waals surface area contributed by atoms with Crippen LogP contribution in [0.5, 0.6) is 0 Å². The molecule has 96 valence electrons. The lowest BCUT2D eigenvalue weighted by molar-refractivity contribution is 0.0846. The van der Waals surface area contributed by atoms with Crippen LogP contribution in [0.2, 0.25) is 0 Å². The number of hydrogen-bond acceptors (Lipinski definition) is 3. The molecule has 1 aromatic heterocycles. The van der Waals surface area contributed by atoms with Gasteiger partial charge in [0.05, 0.1) is 11.1 Å². The molecule has 6 heteroatoms. The Bertz CT molecular complexity index is 591. The van der Waals surface area contributed by atoms with Crippen LogP contribution in [0, 0.1) is 5.82 Å². The maximum absolute atomic E-state index is 13.4. The summed E-state index contributed by atoms with van der Waals surface area (Å²) in [5, 5.41) is 2.12. The van der Waals surface area contributed by atoms with Crippen LogP contribution in [0.3, 0.4) is 0 Å². The Kier molecular flexibility index (Phi) is 4.01. The predicted molar refractivity (Wildman–Crippen MR) is 70.1 cm³/mol. The number of hydrogen-bond donors (Lipinski definition) is 1. The van der Waals surface area contributed by atoms with Crippen molar-refractivity contribution in [2.24, 2.45) is 0 Å². The fourth-order valence-corrected chi connectivity index (χ4v) is 1.87. The number of aromatic nitrogens is 1. The fraction of sp³-hybridized carbons (Fsp3) is 0. The smallest absolute Gasteiger partial charge is 0.261 e. The highest BCUT2D eigenvalue weighted by molar-refractivity contribution is 9.10. The summed E-state index contributed by atoms with van der Waals surface area (Å²) < 4.78 is 13.8. The molecule has 0 radical (unpaired) electrons. The van der Waals surface area contributed by atoms with Gasteiger partial charge in [-0.15, -0.1) is 0 Å². The number of amides is 2. The van der Waals surface area contributed by atoms with Crippen LogP contribution in [-0.4, -0.2) is 16.8 Å². The largest absolute Gasteiger partial charge is 0.288 e. The average molecular weight is 323 g/mol. The van der Waals surface area contributed by atoms with E-state index in [1.165, 1.54) is 36.7 Å². The molecule has 0 fully saturated rings. The SMILES string of the molecule is O=C(NC(=O)c1ccncc1Br)c1ccccc1F. The molecule has 2 rings (SSSR count). The van der Waals surface area contributed by atoms with Crippen LogP contribution >= 0.6 is 15.9 Å².